The number of rotatable bonds is 6. The molecule has 0 radical (unpaired) electrons. The molecule has 130 valence electrons. The van der Waals surface area contributed by atoms with Gasteiger partial charge in [-0.15, -0.1) is 10.2 Å². The van der Waals surface area contributed by atoms with Crippen molar-refractivity contribution in [1.82, 2.24) is 15.5 Å². The van der Waals surface area contributed by atoms with Crippen molar-refractivity contribution in [2.75, 3.05) is 0 Å². The number of carbonyl (C=O) groups excluding carboxylic acids is 1. The van der Waals surface area contributed by atoms with Gasteiger partial charge in [0.15, 0.2) is 0 Å². The van der Waals surface area contributed by atoms with Gasteiger partial charge in [-0.3, -0.25) is 4.79 Å². The van der Waals surface area contributed by atoms with E-state index in [4.69, 9.17) is 20.4 Å². The second-order valence-electron chi connectivity index (χ2n) is 5.33. The quantitative estimate of drug-likeness (QED) is 0.651. The molecule has 3 rings (SSSR count). The number of halogens is 1. The highest BCUT2D eigenvalue weighted by atomic mass is 35.5. The van der Waals surface area contributed by atoms with Crippen molar-refractivity contribution < 1.29 is 13.6 Å². The molecule has 0 saturated heterocycles. The fourth-order valence-electron chi connectivity index (χ4n) is 2.15. The van der Waals surface area contributed by atoms with Gasteiger partial charge in [-0.25, -0.2) is 0 Å². The van der Waals surface area contributed by atoms with Gasteiger partial charge in [0, 0.05) is 11.6 Å². The van der Waals surface area contributed by atoms with E-state index in [-0.39, 0.29) is 11.2 Å². The van der Waals surface area contributed by atoms with Crippen LogP contribution in [0.1, 0.15) is 18.2 Å². The minimum atomic E-state index is -0.388. The van der Waals surface area contributed by atoms with Gasteiger partial charge in [-0.05, 0) is 31.5 Å². The number of hydrogen-bond acceptors (Lipinski definition) is 6. The first kappa shape index (κ1) is 17.6. The maximum absolute atomic E-state index is 12.2. The smallest absolute Gasteiger partial charge is 0.277 e. The molecule has 1 aromatic carbocycles. The van der Waals surface area contributed by atoms with Gasteiger partial charge < -0.3 is 14.2 Å². The zero-order valence-electron chi connectivity index (χ0n) is 13.7. The van der Waals surface area contributed by atoms with Crippen LogP contribution in [0.15, 0.2) is 50.7 Å². The fourth-order valence-corrected chi connectivity index (χ4v) is 3.06. The lowest BCUT2D eigenvalue weighted by Gasteiger charge is -2.10. The normalized spacial score (nSPS) is 12.1. The largest absolute Gasteiger partial charge is 0.469 e. The molecule has 0 unspecified atom stereocenters. The van der Waals surface area contributed by atoms with Crippen LogP contribution in [0.25, 0.3) is 11.5 Å². The van der Waals surface area contributed by atoms with Crippen molar-refractivity contribution >= 4 is 29.3 Å². The van der Waals surface area contributed by atoms with Crippen LogP contribution in [0.3, 0.4) is 0 Å². The number of aryl methyl sites for hydroxylation is 1. The van der Waals surface area contributed by atoms with E-state index in [9.17, 15) is 4.79 Å². The number of amides is 1. The van der Waals surface area contributed by atoms with Crippen LogP contribution in [0, 0.1) is 6.92 Å². The Morgan fingerprint density at radius 1 is 1.32 bits per heavy atom. The third-order valence-electron chi connectivity index (χ3n) is 3.55. The summed E-state index contributed by atoms with van der Waals surface area (Å²) in [5.41, 5.74) is 1.61. The van der Waals surface area contributed by atoms with Gasteiger partial charge in [-0.1, -0.05) is 41.6 Å². The Balaban J connectivity index is 1.58. The molecule has 25 heavy (non-hydrogen) atoms. The third-order valence-corrected chi connectivity index (χ3v) is 4.86. The molecular formula is C17H16ClN3O3S. The van der Waals surface area contributed by atoms with E-state index in [2.05, 4.69) is 15.5 Å². The second kappa shape index (κ2) is 7.76. The summed E-state index contributed by atoms with van der Waals surface area (Å²) in [6.07, 6.45) is 1.56. The summed E-state index contributed by atoms with van der Waals surface area (Å²) in [6.45, 7) is 3.96. The SMILES string of the molecule is Cc1occc1-c1nnc(S[C@@H](C)C(=O)NCc2ccccc2Cl)o1. The molecule has 0 aliphatic heterocycles. The van der Waals surface area contributed by atoms with Crippen LogP contribution in [0.4, 0.5) is 0 Å². The first-order valence-corrected chi connectivity index (χ1v) is 8.86. The highest BCUT2D eigenvalue weighted by molar-refractivity contribution is 8.00. The molecule has 2 aromatic heterocycles. The van der Waals surface area contributed by atoms with Crippen molar-refractivity contribution in [2.24, 2.45) is 0 Å². The van der Waals surface area contributed by atoms with Gasteiger partial charge in [-0.2, -0.15) is 0 Å². The highest BCUT2D eigenvalue weighted by Crippen LogP contribution is 2.28. The number of benzene rings is 1. The molecule has 0 saturated carbocycles. The Bertz CT molecular complexity index is 877. The van der Waals surface area contributed by atoms with Crippen LogP contribution in [0.2, 0.25) is 5.02 Å². The van der Waals surface area contributed by atoms with Crippen molar-refractivity contribution in [3.8, 4) is 11.5 Å². The summed E-state index contributed by atoms with van der Waals surface area (Å²) in [7, 11) is 0. The molecule has 1 atom stereocenters. The van der Waals surface area contributed by atoms with Gasteiger partial charge in [0.25, 0.3) is 11.1 Å². The third kappa shape index (κ3) is 4.24. The molecular weight excluding hydrogens is 362 g/mol. The predicted octanol–water partition coefficient (Wildman–Crippen LogP) is 4.09. The van der Waals surface area contributed by atoms with Crippen LogP contribution in [-0.2, 0) is 11.3 Å². The summed E-state index contributed by atoms with van der Waals surface area (Å²) in [6, 6.07) is 9.15. The zero-order chi connectivity index (χ0) is 17.8. The minimum absolute atomic E-state index is 0.135. The summed E-state index contributed by atoms with van der Waals surface area (Å²) < 4.78 is 10.8. The Hall–Kier alpha value is -2.25. The van der Waals surface area contributed by atoms with E-state index in [1.807, 2.05) is 25.1 Å². The topological polar surface area (TPSA) is 81.2 Å². The molecule has 0 aliphatic carbocycles. The molecule has 6 nitrogen and oxygen atoms in total. The average Bonchev–Trinajstić information content (AvgIpc) is 3.22. The lowest BCUT2D eigenvalue weighted by molar-refractivity contribution is -0.120. The van der Waals surface area contributed by atoms with Gasteiger partial charge >= 0.3 is 0 Å². The summed E-state index contributed by atoms with van der Waals surface area (Å²) in [5, 5.41) is 11.4. The number of aromatic nitrogens is 2. The molecule has 1 amide bonds. The number of thioether (sulfide) groups is 1. The lowest BCUT2D eigenvalue weighted by atomic mass is 10.2. The van der Waals surface area contributed by atoms with Crippen LogP contribution >= 0.6 is 23.4 Å². The first-order chi connectivity index (χ1) is 12.0. The zero-order valence-corrected chi connectivity index (χ0v) is 15.2. The Kier molecular flexibility index (Phi) is 5.45. The van der Waals surface area contributed by atoms with Gasteiger partial charge in [0.2, 0.25) is 5.91 Å². The number of nitrogens with one attached hydrogen (secondary N) is 1. The molecule has 2 heterocycles. The van der Waals surface area contributed by atoms with E-state index < -0.39 is 0 Å². The van der Waals surface area contributed by atoms with E-state index in [0.717, 1.165) is 11.1 Å². The van der Waals surface area contributed by atoms with Crippen molar-refractivity contribution in [3.05, 3.63) is 52.9 Å². The van der Waals surface area contributed by atoms with Crippen LogP contribution < -0.4 is 5.32 Å². The molecule has 3 aromatic rings. The molecule has 1 N–H and O–H groups in total. The number of furan rings is 1. The summed E-state index contributed by atoms with van der Waals surface area (Å²) >= 11 is 7.28. The molecule has 0 spiro atoms. The van der Waals surface area contributed by atoms with E-state index >= 15 is 0 Å². The predicted molar refractivity (Wildman–Crippen MR) is 95.4 cm³/mol. The molecule has 0 fully saturated rings. The molecule has 8 heteroatoms. The highest BCUT2D eigenvalue weighted by Gasteiger charge is 2.19. The first-order valence-electron chi connectivity index (χ1n) is 7.60. The molecule has 0 aliphatic rings. The Morgan fingerprint density at radius 3 is 2.84 bits per heavy atom. The van der Waals surface area contributed by atoms with Crippen molar-refractivity contribution in [3.63, 3.8) is 0 Å². The summed E-state index contributed by atoms with van der Waals surface area (Å²) in [4.78, 5) is 12.2. The van der Waals surface area contributed by atoms with Crippen LogP contribution in [-0.4, -0.2) is 21.4 Å². The maximum Gasteiger partial charge on any atom is 0.277 e. The monoisotopic (exact) mass is 377 g/mol. The standard InChI is InChI=1S/C17H16ClN3O3S/c1-10-13(7-8-23-10)16-20-21-17(24-16)25-11(2)15(22)19-9-12-5-3-4-6-14(12)18/h3-8,11H,9H2,1-2H3,(H,19,22)/t11-/m0/s1. The fraction of sp³-hybridized carbons (Fsp3) is 0.235. The number of hydrogen-bond donors (Lipinski definition) is 1. The van der Waals surface area contributed by atoms with Crippen molar-refractivity contribution in [1.29, 1.82) is 0 Å². The van der Waals surface area contributed by atoms with E-state index in [0.29, 0.717) is 28.4 Å². The second-order valence-corrected chi connectivity index (χ2v) is 7.03. The number of nitrogens with zero attached hydrogens (tertiary/aromatic N) is 2. The summed E-state index contributed by atoms with van der Waals surface area (Å²) in [5.74, 6) is 0.937. The lowest BCUT2D eigenvalue weighted by Crippen LogP contribution is -2.30. The van der Waals surface area contributed by atoms with Gasteiger partial charge in [0.05, 0.1) is 17.1 Å². The number of carbonyl (C=O) groups is 1. The van der Waals surface area contributed by atoms with E-state index in [1.54, 1.807) is 25.3 Å². The Labute approximate surface area is 154 Å². The minimum Gasteiger partial charge on any atom is -0.469 e. The average molecular weight is 378 g/mol. The van der Waals surface area contributed by atoms with Crippen LogP contribution in [0.5, 0.6) is 0 Å². The molecule has 0 bridgehead atoms. The van der Waals surface area contributed by atoms with Crippen molar-refractivity contribution in [2.45, 2.75) is 30.9 Å². The maximum atomic E-state index is 12.2. The van der Waals surface area contributed by atoms with Gasteiger partial charge in [0.1, 0.15) is 5.76 Å². The van der Waals surface area contributed by atoms with E-state index in [1.165, 1.54) is 11.8 Å². The Morgan fingerprint density at radius 2 is 2.12 bits per heavy atom.